The fraction of sp³-hybridized carbons (Fsp3) is 0.167. The van der Waals surface area contributed by atoms with Gasteiger partial charge in [0, 0.05) is 22.2 Å². The number of urea groups is 1. The highest BCUT2D eigenvalue weighted by molar-refractivity contribution is 7.99. The molecule has 0 aromatic heterocycles. The molecule has 5 nitrogen and oxygen atoms in total. The van der Waals surface area contributed by atoms with Crippen molar-refractivity contribution in [1.82, 2.24) is 9.80 Å². The Morgan fingerprint density at radius 1 is 0.840 bits per heavy atom. The molecular weight excluding hydrogens is 360 g/mol. The van der Waals surface area contributed by atoms with E-state index in [2.05, 4.69) is 0 Å². The van der Waals surface area contributed by atoms with Gasteiger partial charge in [-0.25, -0.2) is 4.79 Å². The van der Waals surface area contributed by atoms with Crippen LogP contribution in [0.3, 0.4) is 0 Å². The molecule has 7 heteroatoms. The zero-order valence-electron chi connectivity index (χ0n) is 13.2. The van der Waals surface area contributed by atoms with E-state index in [0.29, 0.717) is 10.8 Å². The van der Waals surface area contributed by atoms with Crippen LogP contribution in [-0.2, 0) is 16.1 Å². The second-order valence-electron chi connectivity index (χ2n) is 5.42. The maximum absolute atomic E-state index is 12.4. The minimum absolute atomic E-state index is 0.102. The van der Waals surface area contributed by atoms with E-state index in [1.165, 1.54) is 11.8 Å². The van der Waals surface area contributed by atoms with Crippen LogP contribution in [0.15, 0.2) is 59.5 Å². The first kappa shape index (κ1) is 17.5. The summed E-state index contributed by atoms with van der Waals surface area (Å²) in [5.74, 6) is -1.03. The zero-order chi connectivity index (χ0) is 17.8. The fourth-order valence-electron chi connectivity index (χ4n) is 2.44. The molecule has 2 aromatic rings. The first-order valence-electron chi connectivity index (χ1n) is 7.66. The third kappa shape index (κ3) is 4.03. The van der Waals surface area contributed by atoms with Gasteiger partial charge in [-0.15, -0.1) is 11.8 Å². The first-order valence-corrected chi connectivity index (χ1v) is 9.02. The SMILES string of the molecule is O=C1C(=O)N(Cc2ccccc2)C(=O)N1CCSc1ccc(Cl)cc1. The molecule has 0 saturated carbocycles. The summed E-state index contributed by atoms with van der Waals surface area (Å²) in [7, 11) is 0. The van der Waals surface area contributed by atoms with Crippen LogP contribution in [-0.4, -0.2) is 39.9 Å². The summed E-state index contributed by atoms with van der Waals surface area (Å²) in [6.45, 7) is 0.285. The van der Waals surface area contributed by atoms with Crippen LogP contribution in [0.1, 0.15) is 5.56 Å². The number of carbonyl (C=O) groups is 3. The minimum atomic E-state index is -0.773. The number of rotatable bonds is 6. The molecule has 0 spiro atoms. The van der Waals surface area contributed by atoms with Crippen molar-refractivity contribution in [3.63, 3.8) is 0 Å². The largest absolute Gasteiger partial charge is 0.334 e. The van der Waals surface area contributed by atoms with Crippen molar-refractivity contribution < 1.29 is 14.4 Å². The number of hydrogen-bond donors (Lipinski definition) is 0. The number of imide groups is 2. The second kappa shape index (κ2) is 7.72. The Balaban J connectivity index is 1.60. The molecule has 0 unspecified atom stereocenters. The van der Waals surface area contributed by atoms with Crippen LogP contribution in [0.25, 0.3) is 0 Å². The van der Waals surface area contributed by atoms with Crippen molar-refractivity contribution in [2.75, 3.05) is 12.3 Å². The Bertz CT molecular complexity index is 796. The lowest BCUT2D eigenvalue weighted by Crippen LogP contribution is -2.34. The highest BCUT2D eigenvalue weighted by atomic mass is 35.5. The molecule has 1 saturated heterocycles. The Labute approximate surface area is 154 Å². The van der Waals surface area contributed by atoms with E-state index in [-0.39, 0.29) is 13.1 Å². The van der Waals surface area contributed by atoms with Crippen molar-refractivity contribution in [2.45, 2.75) is 11.4 Å². The van der Waals surface area contributed by atoms with Crippen LogP contribution in [0.2, 0.25) is 5.02 Å². The van der Waals surface area contributed by atoms with Crippen molar-refractivity contribution in [2.24, 2.45) is 0 Å². The van der Waals surface area contributed by atoms with Crippen LogP contribution in [0.5, 0.6) is 0 Å². The Morgan fingerprint density at radius 2 is 1.48 bits per heavy atom. The molecule has 1 aliphatic rings. The van der Waals surface area contributed by atoms with E-state index in [1.54, 1.807) is 12.1 Å². The van der Waals surface area contributed by atoms with E-state index >= 15 is 0 Å². The summed E-state index contributed by atoms with van der Waals surface area (Å²) in [6.07, 6.45) is 0. The lowest BCUT2D eigenvalue weighted by Gasteiger charge is -2.15. The maximum Gasteiger partial charge on any atom is 0.334 e. The topological polar surface area (TPSA) is 57.7 Å². The quantitative estimate of drug-likeness (QED) is 0.441. The van der Waals surface area contributed by atoms with E-state index < -0.39 is 17.8 Å². The number of thioether (sulfide) groups is 1. The van der Waals surface area contributed by atoms with E-state index in [9.17, 15) is 14.4 Å². The zero-order valence-corrected chi connectivity index (χ0v) is 14.8. The highest BCUT2D eigenvalue weighted by Crippen LogP contribution is 2.22. The summed E-state index contributed by atoms with van der Waals surface area (Å²) in [4.78, 5) is 39.6. The second-order valence-corrected chi connectivity index (χ2v) is 7.02. The van der Waals surface area contributed by atoms with Gasteiger partial charge in [0.15, 0.2) is 0 Å². The van der Waals surface area contributed by atoms with Gasteiger partial charge in [0.25, 0.3) is 0 Å². The van der Waals surface area contributed by atoms with Gasteiger partial charge in [0.1, 0.15) is 0 Å². The Morgan fingerprint density at radius 3 is 2.16 bits per heavy atom. The summed E-state index contributed by atoms with van der Waals surface area (Å²) < 4.78 is 0. The minimum Gasteiger partial charge on any atom is -0.263 e. The number of amides is 4. The van der Waals surface area contributed by atoms with Gasteiger partial charge in [0.05, 0.1) is 6.54 Å². The van der Waals surface area contributed by atoms with E-state index in [1.807, 2.05) is 42.5 Å². The predicted octanol–water partition coefficient (Wildman–Crippen LogP) is 3.42. The number of hydrogen-bond acceptors (Lipinski definition) is 4. The molecule has 25 heavy (non-hydrogen) atoms. The van der Waals surface area contributed by atoms with Gasteiger partial charge in [-0.3, -0.25) is 19.4 Å². The number of carbonyl (C=O) groups excluding carboxylic acids is 3. The molecule has 0 aliphatic carbocycles. The summed E-state index contributed by atoms with van der Waals surface area (Å²) in [5.41, 5.74) is 0.800. The van der Waals surface area contributed by atoms with Crippen LogP contribution < -0.4 is 0 Å². The van der Waals surface area contributed by atoms with E-state index in [4.69, 9.17) is 11.6 Å². The first-order chi connectivity index (χ1) is 12.1. The standard InChI is InChI=1S/C18H15ClN2O3S/c19-14-6-8-15(9-7-14)25-11-10-20-16(22)17(23)21(18(20)24)12-13-4-2-1-3-5-13/h1-9H,10-12H2. The van der Waals surface area contributed by atoms with Gasteiger partial charge in [0.2, 0.25) is 0 Å². The Kier molecular flexibility index (Phi) is 5.40. The van der Waals surface area contributed by atoms with Crippen molar-refractivity contribution in [3.8, 4) is 0 Å². The van der Waals surface area contributed by atoms with Crippen molar-refractivity contribution in [3.05, 3.63) is 65.2 Å². The van der Waals surface area contributed by atoms with E-state index in [0.717, 1.165) is 20.3 Å². The Hall–Kier alpha value is -2.31. The summed E-state index contributed by atoms with van der Waals surface area (Å²) >= 11 is 7.33. The molecule has 1 fully saturated rings. The molecule has 128 valence electrons. The molecule has 0 atom stereocenters. The monoisotopic (exact) mass is 374 g/mol. The average molecular weight is 375 g/mol. The van der Waals surface area contributed by atoms with Gasteiger partial charge in [-0.1, -0.05) is 41.9 Å². The molecule has 4 amide bonds. The summed E-state index contributed by atoms with van der Waals surface area (Å²) in [6, 6.07) is 15.8. The molecule has 0 radical (unpaired) electrons. The highest BCUT2D eigenvalue weighted by Gasteiger charge is 2.43. The molecule has 1 heterocycles. The lowest BCUT2D eigenvalue weighted by atomic mass is 10.2. The van der Waals surface area contributed by atoms with Crippen molar-refractivity contribution in [1.29, 1.82) is 0 Å². The molecule has 2 aromatic carbocycles. The van der Waals surface area contributed by atoms with Gasteiger partial charge >= 0.3 is 17.8 Å². The molecular formula is C18H15ClN2O3S. The average Bonchev–Trinajstić information content (AvgIpc) is 2.82. The van der Waals surface area contributed by atoms with Gasteiger partial charge in [-0.2, -0.15) is 0 Å². The molecule has 1 aliphatic heterocycles. The molecule has 0 bridgehead atoms. The molecule has 3 rings (SSSR count). The van der Waals surface area contributed by atoms with Crippen LogP contribution >= 0.6 is 23.4 Å². The smallest absolute Gasteiger partial charge is 0.263 e. The number of benzene rings is 2. The predicted molar refractivity (Wildman–Crippen MR) is 96.3 cm³/mol. The summed E-state index contributed by atoms with van der Waals surface area (Å²) in [5, 5.41) is 0.649. The lowest BCUT2D eigenvalue weighted by molar-refractivity contribution is -0.143. The van der Waals surface area contributed by atoms with Gasteiger partial charge < -0.3 is 0 Å². The third-order valence-corrected chi connectivity index (χ3v) is 4.96. The van der Waals surface area contributed by atoms with Crippen LogP contribution in [0.4, 0.5) is 4.79 Å². The number of nitrogens with zero attached hydrogens (tertiary/aromatic N) is 2. The van der Waals surface area contributed by atoms with Crippen molar-refractivity contribution >= 4 is 41.2 Å². The normalized spacial score (nSPS) is 14.5. The number of halogens is 1. The third-order valence-electron chi connectivity index (χ3n) is 3.72. The fourth-order valence-corrected chi connectivity index (χ4v) is 3.40. The van der Waals surface area contributed by atoms with Crippen LogP contribution in [0, 0.1) is 0 Å². The molecule has 0 N–H and O–H groups in total. The maximum atomic E-state index is 12.4. The van der Waals surface area contributed by atoms with Gasteiger partial charge in [-0.05, 0) is 29.8 Å².